The lowest BCUT2D eigenvalue weighted by Crippen LogP contribution is -2.40. The molecular weight excluding hydrogens is 208 g/mol. The van der Waals surface area contributed by atoms with Gasteiger partial charge in [0.1, 0.15) is 0 Å². The second-order valence-corrected chi connectivity index (χ2v) is 4.07. The molecule has 0 amide bonds. The first-order valence-corrected chi connectivity index (χ1v) is 5.42. The van der Waals surface area contributed by atoms with Gasteiger partial charge >= 0.3 is 5.97 Å². The number of carbonyl (C=O) groups is 1. The van der Waals surface area contributed by atoms with Gasteiger partial charge in [0.2, 0.25) is 0 Å². The van der Waals surface area contributed by atoms with E-state index >= 15 is 0 Å². The first-order chi connectivity index (χ1) is 7.40. The monoisotopic (exact) mass is 226 g/mol. The van der Waals surface area contributed by atoms with Crippen LogP contribution in [0.4, 0.5) is 0 Å². The van der Waals surface area contributed by atoms with E-state index in [0.29, 0.717) is 0 Å². The van der Waals surface area contributed by atoms with Crippen molar-refractivity contribution in [3.8, 4) is 0 Å². The van der Waals surface area contributed by atoms with Gasteiger partial charge in [-0.05, 0) is 25.8 Å². The predicted molar refractivity (Wildman–Crippen MR) is 59.2 cm³/mol. The maximum Gasteiger partial charge on any atom is 0.337 e. The lowest BCUT2D eigenvalue weighted by molar-refractivity contribution is -0.158. The SMILES string of the molecule is CCc1cc(CC)n(CC(C)(O)C(=O)O)n1. The molecule has 5 heteroatoms. The van der Waals surface area contributed by atoms with Crippen LogP contribution in [0.1, 0.15) is 32.2 Å². The van der Waals surface area contributed by atoms with Gasteiger partial charge in [0.15, 0.2) is 5.60 Å². The van der Waals surface area contributed by atoms with E-state index in [4.69, 9.17) is 5.11 Å². The highest BCUT2D eigenvalue weighted by Crippen LogP contribution is 2.12. The van der Waals surface area contributed by atoms with Crippen LogP contribution < -0.4 is 0 Å². The lowest BCUT2D eigenvalue weighted by Gasteiger charge is -2.18. The third-order valence-electron chi connectivity index (χ3n) is 2.56. The number of carboxylic acid groups (broad SMARTS) is 1. The van der Waals surface area contributed by atoms with E-state index in [2.05, 4.69) is 5.10 Å². The van der Waals surface area contributed by atoms with Crippen LogP contribution >= 0.6 is 0 Å². The maximum atomic E-state index is 10.8. The van der Waals surface area contributed by atoms with Crippen molar-refractivity contribution in [1.82, 2.24) is 9.78 Å². The summed E-state index contributed by atoms with van der Waals surface area (Å²) in [7, 11) is 0. The Labute approximate surface area is 94.7 Å². The van der Waals surface area contributed by atoms with Crippen LogP contribution in [0.2, 0.25) is 0 Å². The van der Waals surface area contributed by atoms with Crippen molar-refractivity contribution in [2.24, 2.45) is 0 Å². The molecule has 2 N–H and O–H groups in total. The van der Waals surface area contributed by atoms with Crippen LogP contribution in [0.5, 0.6) is 0 Å². The van der Waals surface area contributed by atoms with Crippen LogP contribution in [0.25, 0.3) is 0 Å². The van der Waals surface area contributed by atoms with Crippen LogP contribution in [0.15, 0.2) is 6.07 Å². The Bertz CT molecular complexity index is 383. The summed E-state index contributed by atoms with van der Waals surface area (Å²) in [5, 5.41) is 22.8. The molecule has 0 fully saturated rings. The molecule has 16 heavy (non-hydrogen) atoms. The molecule has 90 valence electrons. The molecule has 0 spiro atoms. The standard InChI is InChI=1S/C11H18N2O3/c1-4-8-6-9(5-2)13(12-8)7-11(3,16)10(14)15/h6,16H,4-5,7H2,1-3H3,(H,14,15). The fourth-order valence-corrected chi connectivity index (χ4v) is 1.47. The summed E-state index contributed by atoms with van der Waals surface area (Å²) in [6, 6.07) is 1.94. The van der Waals surface area contributed by atoms with E-state index in [9.17, 15) is 9.90 Å². The molecule has 1 rings (SSSR count). The molecule has 0 saturated heterocycles. The molecule has 1 heterocycles. The van der Waals surface area contributed by atoms with E-state index in [0.717, 1.165) is 24.2 Å². The third-order valence-corrected chi connectivity index (χ3v) is 2.56. The van der Waals surface area contributed by atoms with Gasteiger partial charge in [-0.25, -0.2) is 4.79 Å². The Morgan fingerprint density at radius 1 is 1.50 bits per heavy atom. The minimum absolute atomic E-state index is 0.0223. The van der Waals surface area contributed by atoms with Gasteiger partial charge in [0.25, 0.3) is 0 Å². The number of aryl methyl sites for hydroxylation is 2. The van der Waals surface area contributed by atoms with Gasteiger partial charge in [0, 0.05) is 5.69 Å². The topological polar surface area (TPSA) is 75.4 Å². The summed E-state index contributed by atoms with van der Waals surface area (Å²) in [5.41, 5.74) is 0.0810. The van der Waals surface area contributed by atoms with Crippen molar-refractivity contribution in [2.75, 3.05) is 0 Å². The molecule has 0 aromatic carbocycles. The Morgan fingerprint density at radius 2 is 2.12 bits per heavy atom. The molecule has 0 saturated carbocycles. The van der Waals surface area contributed by atoms with Gasteiger partial charge in [-0.3, -0.25) is 4.68 Å². The summed E-state index contributed by atoms with van der Waals surface area (Å²) in [6.45, 7) is 5.22. The lowest BCUT2D eigenvalue weighted by atomic mass is 10.1. The first kappa shape index (κ1) is 12.7. The number of aliphatic carboxylic acids is 1. The number of hydrogen-bond acceptors (Lipinski definition) is 3. The summed E-state index contributed by atoms with van der Waals surface area (Å²) < 4.78 is 1.58. The molecule has 1 aromatic rings. The highest BCUT2D eigenvalue weighted by atomic mass is 16.4. The summed E-state index contributed by atoms with van der Waals surface area (Å²) >= 11 is 0. The first-order valence-electron chi connectivity index (χ1n) is 5.42. The predicted octanol–water partition coefficient (Wildman–Crippen LogP) is 0.843. The zero-order valence-corrected chi connectivity index (χ0v) is 9.90. The van der Waals surface area contributed by atoms with Crippen LogP contribution in [-0.2, 0) is 24.2 Å². The smallest absolute Gasteiger partial charge is 0.337 e. The van der Waals surface area contributed by atoms with E-state index in [-0.39, 0.29) is 6.54 Å². The molecule has 0 radical (unpaired) electrons. The number of aromatic nitrogens is 2. The molecule has 0 aliphatic carbocycles. The van der Waals surface area contributed by atoms with E-state index in [1.807, 2.05) is 19.9 Å². The van der Waals surface area contributed by atoms with Crippen molar-refractivity contribution in [3.63, 3.8) is 0 Å². The molecule has 1 aromatic heterocycles. The molecule has 1 atom stereocenters. The Balaban J connectivity index is 2.95. The zero-order chi connectivity index (χ0) is 12.3. The van der Waals surface area contributed by atoms with Crippen LogP contribution in [0, 0.1) is 0 Å². The molecular formula is C11H18N2O3. The van der Waals surface area contributed by atoms with Crippen LogP contribution in [0.3, 0.4) is 0 Å². The second kappa shape index (κ2) is 4.65. The Hall–Kier alpha value is -1.36. The number of nitrogens with zero attached hydrogens (tertiary/aromatic N) is 2. The van der Waals surface area contributed by atoms with Crippen molar-refractivity contribution in [1.29, 1.82) is 0 Å². The molecule has 5 nitrogen and oxygen atoms in total. The Kier molecular flexibility index (Phi) is 3.70. The molecule has 1 unspecified atom stereocenters. The number of carboxylic acids is 1. The minimum atomic E-state index is -1.78. The van der Waals surface area contributed by atoms with Crippen LogP contribution in [-0.4, -0.2) is 31.6 Å². The van der Waals surface area contributed by atoms with Gasteiger partial charge in [0.05, 0.1) is 12.2 Å². The second-order valence-electron chi connectivity index (χ2n) is 4.07. The summed E-state index contributed by atoms with van der Waals surface area (Å²) in [5.74, 6) is -1.23. The number of rotatable bonds is 5. The van der Waals surface area contributed by atoms with E-state index in [1.165, 1.54) is 6.92 Å². The largest absolute Gasteiger partial charge is 0.479 e. The maximum absolute atomic E-state index is 10.8. The van der Waals surface area contributed by atoms with Crippen molar-refractivity contribution in [3.05, 3.63) is 17.5 Å². The summed E-state index contributed by atoms with van der Waals surface area (Å²) in [6.07, 6.45) is 1.57. The minimum Gasteiger partial charge on any atom is -0.479 e. The fraction of sp³-hybridized carbons (Fsp3) is 0.636. The average molecular weight is 226 g/mol. The number of aliphatic hydroxyl groups is 1. The average Bonchev–Trinajstić information content (AvgIpc) is 2.59. The zero-order valence-electron chi connectivity index (χ0n) is 9.90. The summed E-state index contributed by atoms with van der Waals surface area (Å²) in [4.78, 5) is 10.8. The molecule has 0 bridgehead atoms. The van der Waals surface area contributed by atoms with Gasteiger partial charge in [-0.15, -0.1) is 0 Å². The van der Waals surface area contributed by atoms with E-state index < -0.39 is 11.6 Å². The van der Waals surface area contributed by atoms with Gasteiger partial charge < -0.3 is 10.2 Å². The number of hydrogen-bond donors (Lipinski definition) is 2. The quantitative estimate of drug-likeness (QED) is 0.780. The van der Waals surface area contributed by atoms with Crippen molar-refractivity contribution < 1.29 is 15.0 Å². The van der Waals surface area contributed by atoms with E-state index in [1.54, 1.807) is 4.68 Å². The normalized spacial score (nSPS) is 14.8. The molecule has 0 aliphatic rings. The van der Waals surface area contributed by atoms with Crippen molar-refractivity contribution in [2.45, 2.75) is 45.8 Å². The van der Waals surface area contributed by atoms with Gasteiger partial charge in [-0.2, -0.15) is 5.10 Å². The van der Waals surface area contributed by atoms with Crippen molar-refractivity contribution >= 4 is 5.97 Å². The van der Waals surface area contributed by atoms with Gasteiger partial charge in [-0.1, -0.05) is 13.8 Å². The molecule has 0 aliphatic heterocycles. The highest BCUT2D eigenvalue weighted by molar-refractivity contribution is 5.76. The fourth-order valence-electron chi connectivity index (χ4n) is 1.47. The third kappa shape index (κ3) is 2.61. The highest BCUT2D eigenvalue weighted by Gasteiger charge is 2.31. The Morgan fingerprint density at radius 3 is 2.56 bits per heavy atom.